The summed E-state index contributed by atoms with van der Waals surface area (Å²) in [7, 11) is 1.79. The van der Waals surface area contributed by atoms with Crippen molar-refractivity contribution in [3.63, 3.8) is 0 Å². The van der Waals surface area contributed by atoms with Crippen molar-refractivity contribution in [2.75, 3.05) is 5.32 Å². The van der Waals surface area contributed by atoms with Gasteiger partial charge in [-0.1, -0.05) is 22.8 Å². The van der Waals surface area contributed by atoms with Crippen LogP contribution in [0.15, 0.2) is 61.3 Å². The first-order chi connectivity index (χ1) is 16.3. The molecule has 11 heteroatoms. The Bertz CT molecular complexity index is 1650. The van der Waals surface area contributed by atoms with E-state index in [1.807, 2.05) is 19.9 Å². The van der Waals surface area contributed by atoms with Crippen molar-refractivity contribution in [1.29, 1.82) is 0 Å². The van der Waals surface area contributed by atoms with Crippen LogP contribution in [0.3, 0.4) is 0 Å². The number of rotatable bonds is 5. The molecular formula is C23H19ClN6O4. The van der Waals surface area contributed by atoms with Gasteiger partial charge in [0.1, 0.15) is 22.2 Å². The highest BCUT2D eigenvalue weighted by molar-refractivity contribution is 6.29. The molecule has 0 aliphatic carbocycles. The number of fused-ring (bicyclic) bond motifs is 1. The van der Waals surface area contributed by atoms with E-state index in [0.717, 1.165) is 11.1 Å². The Hall–Kier alpha value is -4.18. The van der Waals surface area contributed by atoms with Gasteiger partial charge < -0.3 is 9.73 Å². The van der Waals surface area contributed by atoms with Gasteiger partial charge in [0.05, 0.1) is 28.9 Å². The molecule has 172 valence electrons. The van der Waals surface area contributed by atoms with Crippen LogP contribution in [-0.4, -0.2) is 24.9 Å². The maximum atomic E-state index is 13.0. The molecule has 34 heavy (non-hydrogen) atoms. The molecule has 0 aliphatic heterocycles. The van der Waals surface area contributed by atoms with Crippen LogP contribution in [0.2, 0.25) is 5.15 Å². The number of benzene rings is 1. The van der Waals surface area contributed by atoms with Gasteiger partial charge in [-0.25, -0.2) is 9.78 Å². The molecule has 0 amide bonds. The quantitative estimate of drug-likeness (QED) is 0.361. The van der Waals surface area contributed by atoms with Crippen molar-refractivity contribution in [1.82, 2.24) is 24.9 Å². The van der Waals surface area contributed by atoms with Gasteiger partial charge in [0, 0.05) is 24.9 Å². The molecule has 0 spiro atoms. The number of H-pyrrole nitrogens is 1. The SMILES string of the molecule is Cc1cc(C(C)Nc2ccc(Cl)nc2-c2noc(=O)[nH]2)c2oc(-c3cnn(C)c3)cc(=O)c2c1. The minimum atomic E-state index is -0.704. The first kappa shape index (κ1) is 21.7. The summed E-state index contributed by atoms with van der Waals surface area (Å²) in [5, 5.41) is 11.9. The molecule has 1 atom stereocenters. The van der Waals surface area contributed by atoms with Crippen LogP contribution in [0.4, 0.5) is 5.69 Å². The normalized spacial score (nSPS) is 12.2. The molecular weight excluding hydrogens is 460 g/mol. The lowest BCUT2D eigenvalue weighted by Gasteiger charge is -2.19. The van der Waals surface area contributed by atoms with Gasteiger partial charge >= 0.3 is 5.76 Å². The molecule has 4 heterocycles. The molecule has 5 aromatic rings. The number of anilines is 1. The predicted molar refractivity (Wildman–Crippen MR) is 127 cm³/mol. The van der Waals surface area contributed by atoms with Gasteiger partial charge in [0.25, 0.3) is 0 Å². The van der Waals surface area contributed by atoms with Gasteiger partial charge in [-0.3, -0.25) is 19.0 Å². The number of halogens is 1. The van der Waals surface area contributed by atoms with Crippen molar-refractivity contribution < 1.29 is 8.94 Å². The number of aromatic amines is 1. The van der Waals surface area contributed by atoms with E-state index in [1.165, 1.54) is 6.07 Å². The number of hydrogen-bond donors (Lipinski definition) is 2. The summed E-state index contributed by atoms with van der Waals surface area (Å²) in [6, 6.07) is 8.26. The van der Waals surface area contributed by atoms with E-state index in [9.17, 15) is 9.59 Å². The molecule has 10 nitrogen and oxygen atoms in total. The van der Waals surface area contributed by atoms with Crippen molar-refractivity contribution in [3.05, 3.63) is 79.8 Å². The Morgan fingerprint density at radius 3 is 2.74 bits per heavy atom. The predicted octanol–water partition coefficient (Wildman–Crippen LogP) is 4.07. The Balaban J connectivity index is 1.62. The van der Waals surface area contributed by atoms with Crippen LogP contribution in [0.5, 0.6) is 0 Å². The van der Waals surface area contributed by atoms with Crippen LogP contribution in [0, 0.1) is 6.92 Å². The minimum Gasteiger partial charge on any atom is -0.455 e. The molecule has 0 saturated carbocycles. The zero-order chi connectivity index (χ0) is 24.0. The van der Waals surface area contributed by atoms with E-state index in [1.54, 1.807) is 42.3 Å². The van der Waals surface area contributed by atoms with Crippen molar-refractivity contribution >= 4 is 28.3 Å². The summed E-state index contributed by atoms with van der Waals surface area (Å²) in [5.74, 6) is -0.135. The second kappa shape index (κ2) is 8.31. The lowest BCUT2D eigenvalue weighted by molar-refractivity contribution is 0.388. The zero-order valence-corrected chi connectivity index (χ0v) is 19.2. The highest BCUT2D eigenvalue weighted by Crippen LogP contribution is 2.32. The monoisotopic (exact) mass is 478 g/mol. The summed E-state index contributed by atoms with van der Waals surface area (Å²) < 4.78 is 12.5. The molecule has 4 aromatic heterocycles. The maximum absolute atomic E-state index is 13.0. The number of nitrogens with one attached hydrogen (secondary N) is 2. The second-order valence-electron chi connectivity index (χ2n) is 7.95. The lowest BCUT2D eigenvalue weighted by Crippen LogP contribution is -2.11. The molecule has 0 fully saturated rings. The Morgan fingerprint density at radius 1 is 1.21 bits per heavy atom. The summed E-state index contributed by atoms with van der Waals surface area (Å²) in [6.45, 7) is 3.84. The molecule has 2 N–H and O–H groups in total. The number of hydrogen-bond acceptors (Lipinski definition) is 8. The highest BCUT2D eigenvalue weighted by Gasteiger charge is 2.20. The van der Waals surface area contributed by atoms with Crippen LogP contribution in [0.25, 0.3) is 33.8 Å². The maximum Gasteiger partial charge on any atom is 0.439 e. The molecule has 1 aromatic carbocycles. The fourth-order valence-corrected chi connectivity index (χ4v) is 3.97. The van der Waals surface area contributed by atoms with Crippen LogP contribution in [-0.2, 0) is 7.05 Å². The Morgan fingerprint density at radius 2 is 2.03 bits per heavy atom. The molecule has 0 radical (unpaired) electrons. The molecule has 1 unspecified atom stereocenters. The Labute approximate surface area is 197 Å². The number of nitrogens with zero attached hydrogens (tertiary/aromatic N) is 4. The summed E-state index contributed by atoms with van der Waals surface area (Å²) in [4.78, 5) is 31.2. The van der Waals surface area contributed by atoms with Crippen molar-refractivity contribution in [2.45, 2.75) is 19.9 Å². The van der Waals surface area contributed by atoms with E-state index >= 15 is 0 Å². The molecule has 0 aliphatic rings. The van der Waals surface area contributed by atoms with E-state index < -0.39 is 5.76 Å². The fraction of sp³-hybridized carbons (Fsp3) is 0.174. The van der Waals surface area contributed by atoms with Gasteiger partial charge in [0.15, 0.2) is 5.43 Å². The second-order valence-corrected chi connectivity index (χ2v) is 8.34. The standard InChI is InChI=1S/C23H19ClN6O4/c1-11-6-14(21-15(7-11)17(31)8-18(33-21)13-9-25-30(3)10-13)12(2)26-16-4-5-19(24)27-20(16)22-28-23(32)34-29-22/h4-10,12,26H,1-3H3,(H,28,29,32). The largest absolute Gasteiger partial charge is 0.455 e. The zero-order valence-electron chi connectivity index (χ0n) is 18.4. The topological polar surface area (TPSA) is 132 Å². The average Bonchev–Trinajstić information content (AvgIpc) is 3.43. The first-order valence-electron chi connectivity index (χ1n) is 10.4. The third kappa shape index (κ3) is 3.99. The Kier molecular flexibility index (Phi) is 5.29. The lowest BCUT2D eigenvalue weighted by atomic mass is 10.0. The minimum absolute atomic E-state index is 0.140. The number of aromatic nitrogens is 5. The van der Waals surface area contributed by atoms with E-state index in [2.05, 4.69) is 30.1 Å². The van der Waals surface area contributed by atoms with Gasteiger partial charge in [-0.15, -0.1) is 0 Å². The van der Waals surface area contributed by atoms with Gasteiger partial charge in [-0.05, 0) is 37.6 Å². The van der Waals surface area contributed by atoms with Crippen LogP contribution < -0.4 is 16.5 Å². The van der Waals surface area contributed by atoms with Crippen molar-refractivity contribution in [2.24, 2.45) is 7.05 Å². The first-order valence-corrected chi connectivity index (χ1v) is 10.7. The number of aryl methyl sites for hydroxylation is 2. The highest BCUT2D eigenvalue weighted by atomic mass is 35.5. The van der Waals surface area contributed by atoms with Crippen molar-refractivity contribution in [3.8, 4) is 22.8 Å². The van der Waals surface area contributed by atoms with Crippen LogP contribution in [0.1, 0.15) is 24.1 Å². The molecule has 0 bridgehead atoms. The smallest absolute Gasteiger partial charge is 0.439 e. The number of pyridine rings is 1. The molecule has 0 saturated heterocycles. The summed E-state index contributed by atoms with van der Waals surface area (Å²) >= 11 is 6.07. The average molecular weight is 479 g/mol. The van der Waals surface area contributed by atoms with Gasteiger partial charge in [-0.2, -0.15) is 5.10 Å². The van der Waals surface area contributed by atoms with E-state index in [-0.39, 0.29) is 22.4 Å². The third-order valence-corrected chi connectivity index (χ3v) is 5.57. The fourth-order valence-electron chi connectivity index (χ4n) is 3.82. The van der Waals surface area contributed by atoms with E-state index in [4.69, 9.17) is 16.0 Å². The molecule has 5 rings (SSSR count). The summed E-state index contributed by atoms with van der Waals surface area (Å²) in [5.41, 5.74) is 3.58. The third-order valence-electron chi connectivity index (χ3n) is 5.36. The van der Waals surface area contributed by atoms with E-state index in [0.29, 0.717) is 33.7 Å². The summed E-state index contributed by atoms with van der Waals surface area (Å²) in [6.07, 6.45) is 3.42. The van der Waals surface area contributed by atoms with Crippen LogP contribution >= 0.6 is 11.6 Å². The van der Waals surface area contributed by atoms with Gasteiger partial charge in [0.2, 0.25) is 5.82 Å².